The Morgan fingerprint density at radius 2 is 1.74 bits per heavy atom. The molecule has 0 amide bonds. The van der Waals surface area contributed by atoms with Gasteiger partial charge >= 0.3 is 0 Å². The predicted molar refractivity (Wildman–Crippen MR) is 103 cm³/mol. The number of allylic oxidation sites excluding steroid dienone is 2. The molecule has 0 aliphatic heterocycles. The fourth-order valence-electron chi connectivity index (χ4n) is 2.09. The average molecular weight is 336 g/mol. The van der Waals surface area contributed by atoms with E-state index in [4.69, 9.17) is 0 Å². The lowest BCUT2D eigenvalue weighted by Gasteiger charge is -2.11. The van der Waals surface area contributed by atoms with Gasteiger partial charge in [-0.15, -0.1) is 11.3 Å². The standard InChI is InChI=1S/C16H18FNS.2C2H6/c1-4-11(3)14(5-2)16-18-10-15(19-16)12-6-8-13(17)9-7-12;2*1-2/h4,6-10,14H,5H2,1-3H3;2*1-2H3/b11-4+;;. The van der Waals surface area contributed by atoms with Gasteiger partial charge in [-0.25, -0.2) is 9.37 Å². The summed E-state index contributed by atoms with van der Waals surface area (Å²) in [5.41, 5.74) is 2.38. The highest BCUT2D eigenvalue weighted by Gasteiger charge is 2.15. The Bertz CT molecular complexity index is 570. The molecule has 0 aliphatic rings. The van der Waals surface area contributed by atoms with Crippen LogP contribution < -0.4 is 0 Å². The zero-order valence-electron chi connectivity index (χ0n) is 15.5. The fourth-order valence-corrected chi connectivity index (χ4v) is 3.27. The molecular weight excluding hydrogens is 305 g/mol. The Morgan fingerprint density at radius 3 is 2.22 bits per heavy atom. The summed E-state index contributed by atoms with van der Waals surface area (Å²) >= 11 is 1.69. The first kappa shape index (κ1) is 21.5. The molecule has 1 atom stereocenters. The highest BCUT2D eigenvalue weighted by atomic mass is 32.1. The molecule has 128 valence electrons. The first-order valence-corrected chi connectivity index (χ1v) is 9.31. The summed E-state index contributed by atoms with van der Waals surface area (Å²) in [6, 6.07) is 6.58. The summed E-state index contributed by atoms with van der Waals surface area (Å²) in [4.78, 5) is 5.63. The summed E-state index contributed by atoms with van der Waals surface area (Å²) in [5, 5.41) is 1.14. The van der Waals surface area contributed by atoms with Gasteiger partial charge in [-0.1, -0.05) is 58.4 Å². The number of nitrogens with zero attached hydrogens (tertiary/aromatic N) is 1. The fraction of sp³-hybridized carbons (Fsp3) is 0.450. The van der Waals surface area contributed by atoms with Crippen LogP contribution in [0, 0.1) is 5.82 Å². The molecule has 1 aromatic carbocycles. The number of aromatic nitrogens is 1. The van der Waals surface area contributed by atoms with E-state index in [-0.39, 0.29) is 5.82 Å². The van der Waals surface area contributed by atoms with E-state index in [9.17, 15) is 4.39 Å². The molecule has 0 saturated heterocycles. The van der Waals surface area contributed by atoms with Gasteiger partial charge in [-0.2, -0.15) is 0 Å². The Hall–Kier alpha value is -1.48. The van der Waals surface area contributed by atoms with Crippen LogP contribution >= 0.6 is 11.3 Å². The van der Waals surface area contributed by atoms with E-state index in [2.05, 4.69) is 31.8 Å². The van der Waals surface area contributed by atoms with Crippen molar-refractivity contribution < 1.29 is 4.39 Å². The predicted octanol–water partition coefficient (Wildman–Crippen LogP) is 7.46. The normalized spacial score (nSPS) is 11.7. The SMILES string of the molecule is C/C=C(\C)C(CC)c1ncc(-c2ccc(F)cc2)s1.CC.CC. The maximum Gasteiger partial charge on any atom is 0.123 e. The molecule has 23 heavy (non-hydrogen) atoms. The third kappa shape index (κ3) is 6.26. The highest BCUT2D eigenvalue weighted by Crippen LogP contribution is 2.34. The number of rotatable bonds is 4. The number of hydrogen-bond acceptors (Lipinski definition) is 2. The van der Waals surface area contributed by atoms with Gasteiger partial charge < -0.3 is 0 Å². The molecule has 2 rings (SSSR count). The van der Waals surface area contributed by atoms with Crippen molar-refractivity contribution in [2.45, 2.75) is 60.8 Å². The molecule has 2 aromatic rings. The van der Waals surface area contributed by atoms with Crippen molar-refractivity contribution in [1.29, 1.82) is 0 Å². The number of thiazole rings is 1. The summed E-state index contributed by atoms with van der Waals surface area (Å²) in [5.74, 6) is 0.189. The molecule has 0 N–H and O–H groups in total. The molecule has 1 heterocycles. The number of hydrogen-bond donors (Lipinski definition) is 0. The molecule has 1 unspecified atom stereocenters. The Morgan fingerprint density at radius 1 is 1.17 bits per heavy atom. The first-order chi connectivity index (χ1) is 11.2. The van der Waals surface area contributed by atoms with Crippen LogP contribution in [0.5, 0.6) is 0 Å². The number of halogens is 1. The van der Waals surface area contributed by atoms with Crippen LogP contribution in [0.1, 0.15) is 65.8 Å². The van der Waals surface area contributed by atoms with Crippen molar-refractivity contribution in [1.82, 2.24) is 4.98 Å². The molecule has 0 aliphatic carbocycles. The van der Waals surface area contributed by atoms with Gasteiger partial charge in [0.1, 0.15) is 10.8 Å². The Labute approximate surface area is 145 Å². The summed E-state index contributed by atoms with van der Waals surface area (Å²) < 4.78 is 12.9. The largest absolute Gasteiger partial charge is 0.248 e. The molecule has 3 heteroatoms. The van der Waals surface area contributed by atoms with Gasteiger partial charge in [0, 0.05) is 12.1 Å². The van der Waals surface area contributed by atoms with Crippen LogP contribution in [0.4, 0.5) is 4.39 Å². The summed E-state index contributed by atoms with van der Waals surface area (Å²) in [6.45, 7) is 14.4. The lowest BCUT2D eigenvalue weighted by molar-refractivity contribution is 0.628. The van der Waals surface area contributed by atoms with Gasteiger partial charge in [0.05, 0.1) is 4.88 Å². The van der Waals surface area contributed by atoms with Crippen LogP contribution in [0.2, 0.25) is 0 Å². The molecule has 0 radical (unpaired) electrons. The zero-order valence-corrected chi connectivity index (χ0v) is 16.3. The van der Waals surface area contributed by atoms with E-state index in [1.165, 1.54) is 17.7 Å². The molecule has 1 nitrogen and oxygen atoms in total. The second-order valence-electron chi connectivity index (χ2n) is 4.56. The smallest absolute Gasteiger partial charge is 0.123 e. The van der Waals surface area contributed by atoms with Crippen molar-refractivity contribution in [2.24, 2.45) is 0 Å². The maximum absolute atomic E-state index is 12.9. The first-order valence-electron chi connectivity index (χ1n) is 8.50. The van der Waals surface area contributed by atoms with Crippen LogP contribution in [0.15, 0.2) is 42.1 Å². The molecule has 0 saturated carbocycles. The van der Waals surface area contributed by atoms with E-state index in [1.54, 1.807) is 23.5 Å². The Balaban J connectivity index is 0.00000112. The van der Waals surface area contributed by atoms with Crippen LogP contribution in [0.3, 0.4) is 0 Å². The topological polar surface area (TPSA) is 12.9 Å². The van der Waals surface area contributed by atoms with E-state index in [0.29, 0.717) is 5.92 Å². The van der Waals surface area contributed by atoms with Crippen LogP contribution in [0.25, 0.3) is 10.4 Å². The monoisotopic (exact) mass is 335 g/mol. The van der Waals surface area contributed by atoms with Crippen molar-refractivity contribution in [3.8, 4) is 10.4 Å². The van der Waals surface area contributed by atoms with E-state index < -0.39 is 0 Å². The molecule has 0 spiro atoms. The van der Waals surface area contributed by atoms with E-state index in [1.807, 2.05) is 33.9 Å². The molecule has 0 fully saturated rings. The van der Waals surface area contributed by atoms with Crippen molar-refractivity contribution >= 4 is 11.3 Å². The molecule has 0 bridgehead atoms. The van der Waals surface area contributed by atoms with Gasteiger partial charge in [0.2, 0.25) is 0 Å². The maximum atomic E-state index is 12.9. The van der Waals surface area contributed by atoms with Crippen molar-refractivity contribution in [3.63, 3.8) is 0 Å². The minimum Gasteiger partial charge on any atom is -0.248 e. The third-order valence-corrected chi connectivity index (χ3v) is 4.52. The number of benzene rings is 1. The third-order valence-electron chi connectivity index (χ3n) is 3.36. The van der Waals surface area contributed by atoms with Gasteiger partial charge in [-0.05, 0) is 38.0 Å². The second kappa shape index (κ2) is 12.0. The summed E-state index contributed by atoms with van der Waals surface area (Å²) in [6.07, 6.45) is 5.08. The molecule has 1 aromatic heterocycles. The minimum absolute atomic E-state index is 0.204. The average Bonchev–Trinajstić information content (AvgIpc) is 3.09. The van der Waals surface area contributed by atoms with Gasteiger partial charge in [-0.3, -0.25) is 0 Å². The van der Waals surface area contributed by atoms with Crippen molar-refractivity contribution in [2.75, 3.05) is 0 Å². The quantitative estimate of drug-likeness (QED) is 0.528. The van der Waals surface area contributed by atoms with Gasteiger partial charge in [0.15, 0.2) is 0 Å². The van der Waals surface area contributed by atoms with Crippen LogP contribution in [-0.2, 0) is 0 Å². The lowest BCUT2D eigenvalue weighted by Crippen LogP contribution is -1.97. The van der Waals surface area contributed by atoms with Crippen molar-refractivity contribution in [3.05, 3.63) is 52.9 Å². The Kier molecular flexibility index (Phi) is 11.2. The second-order valence-corrected chi connectivity index (χ2v) is 5.63. The lowest BCUT2D eigenvalue weighted by atomic mass is 9.98. The van der Waals surface area contributed by atoms with E-state index in [0.717, 1.165) is 21.9 Å². The van der Waals surface area contributed by atoms with E-state index >= 15 is 0 Å². The summed E-state index contributed by atoms with van der Waals surface area (Å²) in [7, 11) is 0. The zero-order chi connectivity index (χ0) is 17.8. The minimum atomic E-state index is -0.204. The van der Waals surface area contributed by atoms with Crippen LogP contribution in [-0.4, -0.2) is 4.98 Å². The molecular formula is C20H30FNS. The van der Waals surface area contributed by atoms with Gasteiger partial charge in [0.25, 0.3) is 0 Å². The highest BCUT2D eigenvalue weighted by molar-refractivity contribution is 7.15.